The summed E-state index contributed by atoms with van der Waals surface area (Å²) in [5, 5.41) is 10.6. The van der Waals surface area contributed by atoms with Gasteiger partial charge in [0.15, 0.2) is 0 Å². The van der Waals surface area contributed by atoms with Crippen molar-refractivity contribution in [2.75, 3.05) is 11.9 Å². The molecule has 0 atom stereocenters. The van der Waals surface area contributed by atoms with E-state index in [-0.39, 0.29) is 5.69 Å². The zero-order chi connectivity index (χ0) is 16.2. The Balaban J connectivity index is 1.82. The normalized spacial score (nSPS) is 10.7. The van der Waals surface area contributed by atoms with Crippen LogP contribution in [0.25, 0.3) is 5.69 Å². The Labute approximate surface area is 138 Å². The minimum atomic E-state index is -0.259. The van der Waals surface area contributed by atoms with E-state index in [9.17, 15) is 4.79 Å². The van der Waals surface area contributed by atoms with Crippen LogP contribution in [0, 0.1) is 6.92 Å². The number of benzene rings is 2. The number of rotatable bonds is 5. The lowest BCUT2D eigenvalue weighted by atomic mass is 10.2. The number of aryl methyl sites for hydroxylation is 1. The Hall–Kier alpha value is -2.53. The number of hydrogen-bond donors (Lipinski definition) is 2. The van der Waals surface area contributed by atoms with Crippen LogP contribution in [0.1, 0.15) is 11.4 Å². The second-order valence-corrected chi connectivity index (χ2v) is 5.69. The highest BCUT2D eigenvalue weighted by molar-refractivity contribution is 6.30. The molecule has 2 aromatic carbocycles. The Kier molecular flexibility index (Phi) is 4.48. The summed E-state index contributed by atoms with van der Waals surface area (Å²) in [6.45, 7) is 2.62. The molecule has 23 heavy (non-hydrogen) atoms. The van der Waals surface area contributed by atoms with E-state index >= 15 is 0 Å². The molecule has 6 heteroatoms. The maximum Gasteiger partial charge on any atom is 0.347 e. The fourth-order valence-electron chi connectivity index (χ4n) is 2.44. The highest BCUT2D eigenvalue weighted by Gasteiger charge is 2.12. The Morgan fingerprint density at radius 3 is 2.78 bits per heavy atom. The zero-order valence-corrected chi connectivity index (χ0v) is 13.5. The van der Waals surface area contributed by atoms with Crippen molar-refractivity contribution in [2.24, 2.45) is 0 Å². The lowest BCUT2D eigenvalue weighted by Crippen LogP contribution is -2.19. The zero-order valence-electron chi connectivity index (χ0n) is 12.7. The summed E-state index contributed by atoms with van der Waals surface area (Å²) >= 11 is 6.06. The van der Waals surface area contributed by atoms with E-state index in [0.29, 0.717) is 23.8 Å². The van der Waals surface area contributed by atoms with Crippen LogP contribution in [0.3, 0.4) is 0 Å². The Bertz CT molecular complexity index is 855. The first-order chi connectivity index (χ1) is 11.1. The van der Waals surface area contributed by atoms with Gasteiger partial charge in [-0.25, -0.2) is 14.5 Å². The van der Waals surface area contributed by atoms with Crippen LogP contribution in [-0.2, 0) is 6.42 Å². The molecular formula is C17H17ClN4O. The molecule has 0 spiro atoms. The number of anilines is 1. The van der Waals surface area contributed by atoms with Crippen LogP contribution >= 0.6 is 11.6 Å². The number of para-hydroxylation sites is 1. The largest absolute Gasteiger partial charge is 0.385 e. The van der Waals surface area contributed by atoms with Gasteiger partial charge in [0.1, 0.15) is 5.82 Å². The number of hydrogen-bond acceptors (Lipinski definition) is 3. The van der Waals surface area contributed by atoms with Gasteiger partial charge in [0.2, 0.25) is 0 Å². The number of H-pyrrole nitrogens is 1. The molecule has 0 bridgehead atoms. The average Bonchev–Trinajstić information content (AvgIpc) is 2.92. The first-order valence-electron chi connectivity index (χ1n) is 7.37. The van der Waals surface area contributed by atoms with E-state index in [1.54, 1.807) is 10.6 Å². The molecule has 1 aromatic heterocycles. The first kappa shape index (κ1) is 15.4. The van der Waals surface area contributed by atoms with Crippen LogP contribution in [0.2, 0.25) is 5.02 Å². The molecule has 0 amide bonds. The minimum absolute atomic E-state index is 0.259. The van der Waals surface area contributed by atoms with Crippen molar-refractivity contribution in [3.63, 3.8) is 0 Å². The van der Waals surface area contributed by atoms with Gasteiger partial charge in [-0.05, 0) is 36.8 Å². The lowest BCUT2D eigenvalue weighted by molar-refractivity contribution is 0.839. The number of nitrogens with one attached hydrogen (secondary N) is 2. The second-order valence-electron chi connectivity index (χ2n) is 5.25. The van der Waals surface area contributed by atoms with Crippen molar-refractivity contribution >= 4 is 17.3 Å². The maximum atomic E-state index is 12.1. The van der Waals surface area contributed by atoms with Crippen LogP contribution in [0.4, 0.5) is 5.69 Å². The third kappa shape index (κ3) is 3.46. The molecule has 0 aliphatic heterocycles. The minimum Gasteiger partial charge on any atom is -0.385 e. The molecular weight excluding hydrogens is 312 g/mol. The summed E-state index contributed by atoms with van der Waals surface area (Å²) in [6, 6.07) is 15.4. The molecule has 0 aliphatic rings. The van der Waals surface area contributed by atoms with E-state index in [0.717, 1.165) is 16.9 Å². The van der Waals surface area contributed by atoms with Gasteiger partial charge in [-0.3, -0.25) is 0 Å². The monoisotopic (exact) mass is 328 g/mol. The van der Waals surface area contributed by atoms with Gasteiger partial charge < -0.3 is 5.32 Å². The van der Waals surface area contributed by atoms with Gasteiger partial charge in [-0.15, -0.1) is 0 Å². The van der Waals surface area contributed by atoms with Crippen molar-refractivity contribution in [1.29, 1.82) is 0 Å². The van der Waals surface area contributed by atoms with Gasteiger partial charge in [0.25, 0.3) is 0 Å². The molecule has 3 aromatic rings. The van der Waals surface area contributed by atoms with Crippen molar-refractivity contribution in [2.45, 2.75) is 13.3 Å². The fourth-order valence-corrected chi connectivity index (χ4v) is 2.61. The molecule has 3 rings (SSSR count). The number of nitrogens with zero attached hydrogens (tertiary/aromatic N) is 2. The molecule has 0 aliphatic carbocycles. The van der Waals surface area contributed by atoms with Crippen molar-refractivity contribution in [3.05, 3.63) is 75.4 Å². The summed E-state index contributed by atoms with van der Waals surface area (Å²) in [5.41, 5.74) is 2.50. The van der Waals surface area contributed by atoms with Gasteiger partial charge >= 0.3 is 5.69 Å². The van der Waals surface area contributed by atoms with Gasteiger partial charge in [0.05, 0.1) is 5.69 Å². The molecule has 0 radical (unpaired) electrons. The summed E-state index contributed by atoms with van der Waals surface area (Å²) < 4.78 is 1.58. The van der Waals surface area contributed by atoms with E-state index in [1.165, 1.54) is 0 Å². The number of halogens is 1. The van der Waals surface area contributed by atoms with Crippen molar-refractivity contribution < 1.29 is 0 Å². The third-order valence-electron chi connectivity index (χ3n) is 3.61. The molecule has 0 saturated carbocycles. The van der Waals surface area contributed by atoms with Gasteiger partial charge in [-0.1, -0.05) is 35.9 Å². The first-order valence-corrected chi connectivity index (χ1v) is 7.74. The summed E-state index contributed by atoms with van der Waals surface area (Å²) in [7, 11) is 0. The van der Waals surface area contributed by atoms with E-state index in [4.69, 9.17) is 11.6 Å². The second kappa shape index (κ2) is 6.71. The molecule has 2 N–H and O–H groups in total. The van der Waals surface area contributed by atoms with Crippen molar-refractivity contribution in [3.8, 4) is 5.69 Å². The van der Waals surface area contributed by atoms with Crippen LogP contribution in [0.5, 0.6) is 0 Å². The van der Waals surface area contributed by atoms with E-state index in [2.05, 4.69) is 15.5 Å². The van der Waals surface area contributed by atoms with Gasteiger partial charge in [0, 0.05) is 23.7 Å². The maximum absolute atomic E-state index is 12.1. The molecule has 0 unspecified atom stereocenters. The third-order valence-corrected chi connectivity index (χ3v) is 3.84. The molecule has 0 saturated heterocycles. The number of aromatic nitrogens is 3. The predicted molar refractivity (Wildman–Crippen MR) is 92.6 cm³/mol. The Morgan fingerprint density at radius 2 is 2.00 bits per heavy atom. The standard InChI is InChI=1S/C17H17ClN4O/c1-12-7-8-13(18)11-15(12)22-16(20-21-17(22)23)9-10-19-14-5-3-2-4-6-14/h2-8,11,19H,9-10H2,1H3,(H,21,23). The highest BCUT2D eigenvalue weighted by Crippen LogP contribution is 2.19. The molecule has 0 fully saturated rings. The summed E-state index contributed by atoms with van der Waals surface area (Å²) in [4.78, 5) is 12.1. The summed E-state index contributed by atoms with van der Waals surface area (Å²) in [5.74, 6) is 0.670. The topological polar surface area (TPSA) is 62.7 Å². The quantitative estimate of drug-likeness (QED) is 0.756. The predicted octanol–water partition coefficient (Wildman–Crippen LogP) is 3.18. The molecule has 5 nitrogen and oxygen atoms in total. The highest BCUT2D eigenvalue weighted by atomic mass is 35.5. The van der Waals surface area contributed by atoms with Crippen molar-refractivity contribution in [1.82, 2.24) is 14.8 Å². The van der Waals surface area contributed by atoms with Crippen LogP contribution in [0.15, 0.2) is 53.3 Å². The summed E-state index contributed by atoms with van der Waals surface area (Å²) in [6.07, 6.45) is 0.611. The molecule has 118 valence electrons. The van der Waals surface area contributed by atoms with E-state index < -0.39 is 0 Å². The lowest BCUT2D eigenvalue weighted by Gasteiger charge is -2.10. The molecule has 1 heterocycles. The van der Waals surface area contributed by atoms with E-state index in [1.807, 2.05) is 49.4 Å². The van der Waals surface area contributed by atoms with Crippen LogP contribution < -0.4 is 11.0 Å². The average molecular weight is 329 g/mol. The van der Waals surface area contributed by atoms with Crippen LogP contribution in [-0.4, -0.2) is 21.3 Å². The fraction of sp³-hybridized carbons (Fsp3) is 0.176. The Morgan fingerprint density at radius 1 is 1.22 bits per heavy atom. The SMILES string of the molecule is Cc1ccc(Cl)cc1-n1c(CCNc2ccccc2)n[nH]c1=O. The van der Waals surface area contributed by atoms with Gasteiger partial charge in [-0.2, -0.15) is 5.10 Å². The number of aromatic amines is 1. The smallest absolute Gasteiger partial charge is 0.347 e.